The molecule has 0 aliphatic rings. The van der Waals surface area contributed by atoms with E-state index in [1.165, 1.54) is 18.2 Å². The summed E-state index contributed by atoms with van der Waals surface area (Å²) in [4.78, 5) is 12.3. The molecule has 0 atom stereocenters. The Hall–Kier alpha value is -2.14. The highest BCUT2D eigenvalue weighted by atomic mass is 79.9. The highest BCUT2D eigenvalue weighted by Crippen LogP contribution is 2.22. The Morgan fingerprint density at radius 2 is 1.87 bits per heavy atom. The summed E-state index contributed by atoms with van der Waals surface area (Å²) >= 11 is 3.35. The molecule has 0 radical (unpaired) electrons. The maximum atomic E-state index is 12.3. The number of carbonyl (C=O) groups excluding carboxylic acids is 1. The maximum absolute atomic E-state index is 12.3. The highest BCUT2D eigenvalue weighted by molar-refractivity contribution is 9.10. The number of carbonyl (C=O) groups is 1. The molecule has 0 heterocycles. The van der Waals surface area contributed by atoms with Gasteiger partial charge in [0.2, 0.25) is 0 Å². The molecule has 0 aromatic heterocycles. The summed E-state index contributed by atoms with van der Waals surface area (Å²) < 4.78 is 6.02. The van der Waals surface area contributed by atoms with Crippen molar-refractivity contribution in [1.82, 2.24) is 5.43 Å². The molecule has 1 amide bonds. The number of hydrazone groups is 1. The molecule has 2 rings (SSSR count). The number of hydrogen-bond donors (Lipinski definition) is 1. The van der Waals surface area contributed by atoms with Crippen LogP contribution in [0.1, 0.15) is 34.0 Å². The quantitative estimate of drug-likeness (QED) is 0.642. The Balaban J connectivity index is 2.20. The van der Waals surface area contributed by atoms with Crippen molar-refractivity contribution in [2.24, 2.45) is 5.10 Å². The summed E-state index contributed by atoms with van der Waals surface area (Å²) in [6.45, 7) is 5.98. The Bertz CT molecular complexity index is 770. The van der Waals surface area contributed by atoms with Gasteiger partial charge in [-0.1, -0.05) is 28.1 Å². The third-order valence-electron chi connectivity index (χ3n) is 3.66. The first kappa shape index (κ1) is 17.2. The smallest absolute Gasteiger partial charge is 0.275 e. The number of ether oxygens (including phenoxy) is 1. The number of nitrogens with zero attached hydrogens (tertiary/aromatic N) is 1. The van der Waals surface area contributed by atoms with Gasteiger partial charge in [-0.2, -0.15) is 5.10 Å². The third kappa shape index (κ3) is 4.20. The minimum absolute atomic E-state index is 0.314. The van der Waals surface area contributed by atoms with Gasteiger partial charge in [-0.3, -0.25) is 4.79 Å². The lowest BCUT2D eigenvalue weighted by Crippen LogP contribution is -2.20. The Morgan fingerprint density at radius 3 is 2.52 bits per heavy atom. The van der Waals surface area contributed by atoms with E-state index in [2.05, 4.69) is 46.4 Å². The molecule has 0 saturated carbocycles. The first-order valence-corrected chi connectivity index (χ1v) is 7.97. The lowest BCUT2D eigenvalue weighted by atomic mass is 10.0. The van der Waals surface area contributed by atoms with Crippen LogP contribution in [-0.4, -0.2) is 18.7 Å². The van der Waals surface area contributed by atoms with Gasteiger partial charge in [0, 0.05) is 4.47 Å². The first-order chi connectivity index (χ1) is 10.9. The molecule has 0 bridgehead atoms. The van der Waals surface area contributed by atoms with E-state index in [9.17, 15) is 4.79 Å². The normalized spacial score (nSPS) is 11.3. The molecule has 2 aromatic carbocycles. The summed E-state index contributed by atoms with van der Waals surface area (Å²) in [5, 5.41) is 4.19. The van der Waals surface area contributed by atoms with Gasteiger partial charge in [-0.25, -0.2) is 5.43 Å². The van der Waals surface area contributed by atoms with Crippen LogP contribution < -0.4 is 10.2 Å². The van der Waals surface area contributed by atoms with E-state index in [4.69, 9.17) is 4.74 Å². The molecule has 0 spiro atoms. The average molecular weight is 375 g/mol. The van der Waals surface area contributed by atoms with E-state index in [1.807, 2.05) is 25.1 Å². The van der Waals surface area contributed by atoms with Crippen molar-refractivity contribution in [3.63, 3.8) is 0 Å². The number of methoxy groups -OCH3 is 1. The minimum Gasteiger partial charge on any atom is -0.496 e. The molecule has 0 unspecified atom stereocenters. The number of hydrogen-bond acceptors (Lipinski definition) is 3. The molecular weight excluding hydrogens is 356 g/mol. The van der Waals surface area contributed by atoms with E-state index in [1.54, 1.807) is 12.1 Å². The second-order valence-corrected chi connectivity index (χ2v) is 6.20. The van der Waals surface area contributed by atoms with Gasteiger partial charge < -0.3 is 4.74 Å². The van der Waals surface area contributed by atoms with Crippen molar-refractivity contribution in [1.29, 1.82) is 0 Å². The third-order valence-corrected chi connectivity index (χ3v) is 4.15. The summed E-state index contributed by atoms with van der Waals surface area (Å²) in [6, 6.07) is 11.4. The van der Waals surface area contributed by atoms with Gasteiger partial charge in [0.1, 0.15) is 5.75 Å². The zero-order valence-corrected chi connectivity index (χ0v) is 15.2. The number of amides is 1. The van der Waals surface area contributed by atoms with Gasteiger partial charge in [0.15, 0.2) is 0 Å². The zero-order chi connectivity index (χ0) is 17.0. The SMILES string of the molecule is COc1ccc(Br)cc1C(=O)N/N=C(/C)c1ccc(C)c(C)c1. The van der Waals surface area contributed by atoms with Crippen LogP contribution in [0.15, 0.2) is 46.0 Å². The Morgan fingerprint density at radius 1 is 1.13 bits per heavy atom. The second kappa shape index (κ2) is 7.42. The molecule has 0 fully saturated rings. The summed E-state index contributed by atoms with van der Waals surface area (Å²) in [7, 11) is 1.53. The molecule has 23 heavy (non-hydrogen) atoms. The van der Waals surface area contributed by atoms with Gasteiger partial charge in [0.25, 0.3) is 5.91 Å². The van der Waals surface area contributed by atoms with Crippen molar-refractivity contribution < 1.29 is 9.53 Å². The fraction of sp³-hybridized carbons (Fsp3) is 0.222. The van der Waals surface area contributed by atoms with Crippen LogP contribution in [-0.2, 0) is 0 Å². The molecule has 5 heteroatoms. The molecular formula is C18H19BrN2O2. The number of halogens is 1. The molecule has 0 saturated heterocycles. The van der Waals surface area contributed by atoms with Crippen LogP contribution in [0.25, 0.3) is 0 Å². The Kier molecular flexibility index (Phi) is 5.55. The minimum atomic E-state index is -0.314. The van der Waals surface area contributed by atoms with Gasteiger partial charge >= 0.3 is 0 Å². The number of aryl methyl sites for hydroxylation is 2. The summed E-state index contributed by atoms with van der Waals surface area (Å²) in [5.41, 5.74) is 7.16. The fourth-order valence-corrected chi connectivity index (χ4v) is 2.44. The predicted octanol–water partition coefficient (Wildman–Crippen LogP) is 4.23. The monoisotopic (exact) mass is 374 g/mol. The van der Waals surface area contributed by atoms with Crippen molar-refractivity contribution in [3.05, 3.63) is 63.1 Å². The fourth-order valence-electron chi connectivity index (χ4n) is 2.08. The van der Waals surface area contributed by atoms with E-state index >= 15 is 0 Å². The van der Waals surface area contributed by atoms with Crippen molar-refractivity contribution in [3.8, 4) is 5.75 Å². The average Bonchev–Trinajstić information content (AvgIpc) is 2.54. The molecule has 1 N–H and O–H groups in total. The van der Waals surface area contributed by atoms with E-state index in [0.717, 1.165) is 15.7 Å². The summed E-state index contributed by atoms with van der Waals surface area (Å²) in [6.07, 6.45) is 0. The van der Waals surface area contributed by atoms with Crippen LogP contribution in [0.2, 0.25) is 0 Å². The van der Waals surface area contributed by atoms with Crippen LogP contribution in [0.5, 0.6) is 5.75 Å². The molecule has 2 aromatic rings. The number of nitrogens with one attached hydrogen (secondary N) is 1. The number of rotatable bonds is 4. The van der Waals surface area contributed by atoms with Gasteiger partial charge in [0.05, 0.1) is 18.4 Å². The topological polar surface area (TPSA) is 50.7 Å². The van der Waals surface area contributed by atoms with E-state index in [-0.39, 0.29) is 5.91 Å². The van der Waals surface area contributed by atoms with Crippen LogP contribution in [0.4, 0.5) is 0 Å². The molecule has 4 nitrogen and oxygen atoms in total. The second-order valence-electron chi connectivity index (χ2n) is 5.28. The van der Waals surface area contributed by atoms with Gasteiger partial charge in [-0.15, -0.1) is 0 Å². The molecule has 0 aliphatic carbocycles. The predicted molar refractivity (Wildman–Crippen MR) is 96.3 cm³/mol. The molecule has 0 aliphatic heterocycles. The van der Waals surface area contributed by atoms with E-state index < -0.39 is 0 Å². The molecule has 120 valence electrons. The largest absolute Gasteiger partial charge is 0.496 e. The van der Waals surface area contributed by atoms with Crippen LogP contribution >= 0.6 is 15.9 Å². The number of benzene rings is 2. The lowest BCUT2D eigenvalue weighted by Gasteiger charge is -2.09. The van der Waals surface area contributed by atoms with E-state index in [0.29, 0.717) is 11.3 Å². The first-order valence-electron chi connectivity index (χ1n) is 7.18. The standard InChI is InChI=1S/C18H19BrN2O2/c1-11-5-6-14(9-12(11)2)13(3)20-21-18(22)16-10-15(19)7-8-17(16)23-4/h5-10H,1-4H3,(H,21,22)/b20-13-. The van der Waals surface area contributed by atoms with Crippen LogP contribution in [0, 0.1) is 13.8 Å². The maximum Gasteiger partial charge on any atom is 0.275 e. The Labute approximate surface area is 144 Å². The van der Waals surface area contributed by atoms with Gasteiger partial charge in [-0.05, 0) is 61.7 Å². The van der Waals surface area contributed by atoms with Crippen LogP contribution in [0.3, 0.4) is 0 Å². The lowest BCUT2D eigenvalue weighted by molar-refractivity contribution is 0.0951. The zero-order valence-electron chi connectivity index (χ0n) is 13.6. The highest BCUT2D eigenvalue weighted by Gasteiger charge is 2.12. The van der Waals surface area contributed by atoms with Crippen molar-refractivity contribution in [2.75, 3.05) is 7.11 Å². The van der Waals surface area contributed by atoms with Crippen molar-refractivity contribution >= 4 is 27.5 Å². The van der Waals surface area contributed by atoms with Crippen molar-refractivity contribution in [2.45, 2.75) is 20.8 Å². The summed E-state index contributed by atoms with van der Waals surface area (Å²) in [5.74, 6) is 0.191.